The lowest BCUT2D eigenvalue weighted by Gasteiger charge is -2.63. The van der Waals surface area contributed by atoms with E-state index < -0.39 is 5.60 Å². The van der Waals surface area contributed by atoms with Crippen LogP contribution in [0.4, 0.5) is 0 Å². The summed E-state index contributed by atoms with van der Waals surface area (Å²) in [6.45, 7) is 7.09. The van der Waals surface area contributed by atoms with Gasteiger partial charge in [-0.1, -0.05) is 20.8 Å². The molecule has 0 aliphatic heterocycles. The van der Waals surface area contributed by atoms with Gasteiger partial charge in [0.15, 0.2) is 0 Å². The van der Waals surface area contributed by atoms with Crippen LogP contribution in [-0.2, 0) is 4.79 Å². The third-order valence-electron chi connectivity index (χ3n) is 10.4. The van der Waals surface area contributed by atoms with E-state index in [1.807, 2.05) is 0 Å². The van der Waals surface area contributed by atoms with Crippen molar-refractivity contribution in [2.45, 2.75) is 71.3 Å². The van der Waals surface area contributed by atoms with Gasteiger partial charge in [-0.15, -0.1) is 0 Å². The standard InChI is InChI=1S/C22H32O2/c1-11-4-7-21(3)15-5-6-20(2)18(12-8-13(12)19(20)23)17(15)14-9-16(14)22(21,24)10-11/h11-18,24H,4-10H2,1-3H3/t11-,12?,13-,14-,15?,16+,17?,18?,20-,21+,22+/m0/s1. The fraction of sp³-hybridized carbons (Fsp3) is 0.955. The fourth-order valence-corrected chi connectivity index (χ4v) is 9.08. The fourth-order valence-electron chi connectivity index (χ4n) is 9.08. The number of hydrogen-bond donors (Lipinski definition) is 1. The first-order chi connectivity index (χ1) is 11.3. The zero-order valence-electron chi connectivity index (χ0n) is 15.4. The van der Waals surface area contributed by atoms with Crippen molar-refractivity contribution in [1.82, 2.24) is 0 Å². The van der Waals surface area contributed by atoms with E-state index in [1.165, 1.54) is 32.1 Å². The Balaban J connectivity index is 1.45. The molecule has 11 atom stereocenters. The van der Waals surface area contributed by atoms with Crippen LogP contribution in [0.1, 0.15) is 65.7 Å². The average Bonchev–Trinajstić information content (AvgIpc) is 3.41. The summed E-state index contributed by atoms with van der Waals surface area (Å²) in [5.74, 6) is 5.79. The second kappa shape index (κ2) is 3.97. The molecule has 24 heavy (non-hydrogen) atoms. The maximum Gasteiger partial charge on any atom is 0.142 e. The number of carbonyl (C=O) groups excluding carboxylic acids is 1. The minimum atomic E-state index is -0.407. The number of ketones is 1. The van der Waals surface area contributed by atoms with Gasteiger partial charge in [0.25, 0.3) is 0 Å². The molecule has 6 fully saturated rings. The van der Waals surface area contributed by atoms with E-state index in [4.69, 9.17) is 0 Å². The Hall–Kier alpha value is -0.370. The van der Waals surface area contributed by atoms with Crippen molar-refractivity contribution in [3.63, 3.8) is 0 Å². The predicted octanol–water partition coefficient (Wildman–Crippen LogP) is 4.06. The molecular weight excluding hydrogens is 296 g/mol. The molecule has 0 radical (unpaired) electrons. The molecule has 0 aromatic rings. The lowest BCUT2D eigenvalue weighted by molar-refractivity contribution is -0.218. The summed E-state index contributed by atoms with van der Waals surface area (Å²) < 4.78 is 0. The lowest BCUT2D eigenvalue weighted by atomic mass is 9.42. The highest BCUT2D eigenvalue weighted by Gasteiger charge is 2.78. The summed E-state index contributed by atoms with van der Waals surface area (Å²) >= 11 is 0. The Morgan fingerprint density at radius 1 is 1.04 bits per heavy atom. The van der Waals surface area contributed by atoms with Crippen molar-refractivity contribution < 1.29 is 9.90 Å². The topological polar surface area (TPSA) is 37.3 Å². The van der Waals surface area contributed by atoms with E-state index in [1.54, 1.807) is 0 Å². The van der Waals surface area contributed by atoms with Gasteiger partial charge in [-0.05, 0) is 91.8 Å². The molecular formula is C22H32O2. The number of carbonyl (C=O) groups is 1. The Morgan fingerprint density at radius 2 is 1.83 bits per heavy atom. The van der Waals surface area contributed by atoms with Crippen LogP contribution in [0.3, 0.4) is 0 Å². The molecule has 4 unspecified atom stereocenters. The van der Waals surface area contributed by atoms with Gasteiger partial charge in [-0.3, -0.25) is 4.79 Å². The molecule has 132 valence electrons. The van der Waals surface area contributed by atoms with Crippen LogP contribution in [-0.4, -0.2) is 16.5 Å². The molecule has 0 aromatic heterocycles. The van der Waals surface area contributed by atoms with Gasteiger partial charge < -0.3 is 5.11 Å². The van der Waals surface area contributed by atoms with Crippen LogP contribution >= 0.6 is 0 Å². The summed E-state index contributed by atoms with van der Waals surface area (Å²) in [5.41, 5.74) is -0.301. The summed E-state index contributed by atoms with van der Waals surface area (Å²) in [6, 6.07) is 0. The van der Waals surface area contributed by atoms with Crippen molar-refractivity contribution in [1.29, 1.82) is 0 Å². The molecule has 6 aliphatic carbocycles. The van der Waals surface area contributed by atoms with Crippen molar-refractivity contribution in [2.24, 2.45) is 58.2 Å². The zero-order valence-corrected chi connectivity index (χ0v) is 15.4. The van der Waals surface area contributed by atoms with Crippen molar-refractivity contribution in [3.05, 3.63) is 0 Å². The molecule has 0 saturated heterocycles. The average molecular weight is 328 g/mol. The largest absolute Gasteiger partial charge is 0.389 e. The Morgan fingerprint density at radius 3 is 2.62 bits per heavy atom. The highest BCUT2D eigenvalue weighted by molar-refractivity contribution is 5.92. The van der Waals surface area contributed by atoms with E-state index in [9.17, 15) is 9.90 Å². The number of aliphatic hydroxyl groups is 1. The normalized spacial score (nSPS) is 69.1. The van der Waals surface area contributed by atoms with Gasteiger partial charge in [-0.25, -0.2) is 0 Å². The van der Waals surface area contributed by atoms with Gasteiger partial charge in [-0.2, -0.15) is 0 Å². The second-order valence-corrected chi connectivity index (χ2v) is 11.2. The molecule has 0 bridgehead atoms. The molecule has 2 heteroatoms. The van der Waals surface area contributed by atoms with Gasteiger partial charge >= 0.3 is 0 Å². The first kappa shape index (κ1) is 14.8. The second-order valence-electron chi connectivity index (χ2n) is 11.2. The molecule has 6 aliphatic rings. The van der Waals surface area contributed by atoms with E-state index in [0.29, 0.717) is 41.3 Å². The lowest BCUT2D eigenvalue weighted by Crippen LogP contribution is -2.63. The summed E-state index contributed by atoms with van der Waals surface area (Å²) in [5, 5.41) is 11.8. The van der Waals surface area contributed by atoms with Crippen LogP contribution in [0.15, 0.2) is 0 Å². The van der Waals surface area contributed by atoms with Gasteiger partial charge in [0.1, 0.15) is 5.78 Å². The molecule has 0 heterocycles. The number of rotatable bonds is 0. The van der Waals surface area contributed by atoms with Gasteiger partial charge in [0, 0.05) is 11.3 Å². The highest BCUT2D eigenvalue weighted by atomic mass is 16.3. The molecule has 0 aromatic carbocycles. The van der Waals surface area contributed by atoms with Crippen molar-refractivity contribution in [2.75, 3.05) is 0 Å². The molecule has 2 nitrogen and oxygen atoms in total. The van der Waals surface area contributed by atoms with Crippen LogP contribution in [0.5, 0.6) is 0 Å². The smallest absolute Gasteiger partial charge is 0.142 e. The van der Waals surface area contributed by atoms with Crippen molar-refractivity contribution >= 4 is 5.78 Å². The summed E-state index contributed by atoms with van der Waals surface area (Å²) in [7, 11) is 0. The van der Waals surface area contributed by atoms with Gasteiger partial charge in [0.2, 0.25) is 0 Å². The highest BCUT2D eigenvalue weighted by Crippen LogP contribution is 2.79. The third kappa shape index (κ3) is 1.38. The minimum Gasteiger partial charge on any atom is -0.389 e. The first-order valence-electron chi connectivity index (χ1n) is 10.6. The zero-order chi connectivity index (χ0) is 16.6. The van der Waals surface area contributed by atoms with Crippen LogP contribution in [0.25, 0.3) is 0 Å². The van der Waals surface area contributed by atoms with Crippen LogP contribution in [0, 0.1) is 58.2 Å². The number of hydrogen-bond acceptors (Lipinski definition) is 2. The summed E-state index contributed by atoms with van der Waals surface area (Å²) in [4.78, 5) is 12.9. The number of Topliss-reactive ketones (excluding diaryl/α,β-unsaturated/α-hetero) is 1. The Kier molecular flexibility index (Phi) is 2.44. The van der Waals surface area contributed by atoms with E-state index in [0.717, 1.165) is 24.7 Å². The Bertz CT molecular complexity index is 642. The SMILES string of the molecule is C[C@H]1CC[C@]2(C)C3CC[C@]4(C)C(=O)[C@H]5CC5C4C3[C@H]3C[C@H]3[C@]2(O)C1. The molecule has 0 spiro atoms. The Labute approximate surface area is 145 Å². The minimum absolute atomic E-state index is 0.00430. The van der Waals surface area contributed by atoms with Gasteiger partial charge in [0.05, 0.1) is 5.60 Å². The van der Waals surface area contributed by atoms with E-state index >= 15 is 0 Å². The van der Waals surface area contributed by atoms with Crippen LogP contribution < -0.4 is 0 Å². The molecule has 1 N–H and O–H groups in total. The molecule has 6 saturated carbocycles. The molecule has 6 rings (SSSR count). The predicted molar refractivity (Wildman–Crippen MR) is 92.1 cm³/mol. The summed E-state index contributed by atoms with van der Waals surface area (Å²) in [6.07, 6.45) is 8.26. The quantitative estimate of drug-likeness (QED) is 0.728. The number of fused-ring (bicyclic) bond motifs is 10. The maximum absolute atomic E-state index is 12.9. The van der Waals surface area contributed by atoms with E-state index in [-0.39, 0.29) is 10.8 Å². The monoisotopic (exact) mass is 328 g/mol. The van der Waals surface area contributed by atoms with E-state index in [2.05, 4.69) is 20.8 Å². The first-order valence-corrected chi connectivity index (χ1v) is 10.6. The maximum atomic E-state index is 12.9. The van der Waals surface area contributed by atoms with Crippen molar-refractivity contribution in [3.8, 4) is 0 Å². The van der Waals surface area contributed by atoms with Crippen LogP contribution in [0.2, 0.25) is 0 Å². The third-order valence-corrected chi connectivity index (χ3v) is 10.4. The molecule has 0 amide bonds.